The highest BCUT2D eigenvalue weighted by Gasteiger charge is 2.30. The average molecular weight is 330 g/mol. The topological polar surface area (TPSA) is 0 Å². The average Bonchev–Trinajstić information content (AvgIpc) is 2.63. The summed E-state index contributed by atoms with van der Waals surface area (Å²) in [7, 11) is 0. The van der Waals surface area contributed by atoms with Gasteiger partial charge in [0.15, 0.2) is 0 Å². The Morgan fingerprint density at radius 1 is 0.750 bits per heavy atom. The summed E-state index contributed by atoms with van der Waals surface area (Å²) in [5.74, 6) is 0.479. The fourth-order valence-electron chi connectivity index (χ4n) is 3.63. The molecule has 3 aromatic rings. The molecule has 0 nitrogen and oxygen atoms in total. The van der Waals surface area contributed by atoms with Crippen molar-refractivity contribution in [3.63, 3.8) is 0 Å². The first-order valence-electron chi connectivity index (χ1n) is 8.60. The molecular formula is C23H22S. The van der Waals surface area contributed by atoms with Gasteiger partial charge < -0.3 is 0 Å². The first-order chi connectivity index (χ1) is 11.7. The van der Waals surface area contributed by atoms with Crippen molar-refractivity contribution in [3.05, 3.63) is 101 Å². The van der Waals surface area contributed by atoms with E-state index in [9.17, 15) is 0 Å². The number of hydrogen-bond donors (Lipinski definition) is 0. The van der Waals surface area contributed by atoms with Gasteiger partial charge in [-0.2, -0.15) is 0 Å². The van der Waals surface area contributed by atoms with Gasteiger partial charge in [-0.05, 0) is 42.5 Å². The molecule has 0 N–H and O–H groups in total. The summed E-state index contributed by atoms with van der Waals surface area (Å²) in [4.78, 5) is 1.48. The van der Waals surface area contributed by atoms with Gasteiger partial charge in [0.25, 0.3) is 0 Å². The number of benzene rings is 3. The molecule has 0 fully saturated rings. The van der Waals surface area contributed by atoms with Gasteiger partial charge in [0.05, 0.1) is 0 Å². The third-order valence-electron chi connectivity index (χ3n) is 4.98. The maximum atomic E-state index is 2.32. The largest absolute Gasteiger partial charge is 0.117 e. The van der Waals surface area contributed by atoms with E-state index in [1.54, 1.807) is 0 Å². The Bertz CT molecular complexity index is 834. The highest BCUT2D eigenvalue weighted by molar-refractivity contribution is 7.99. The minimum absolute atomic E-state index is 0.479. The zero-order chi connectivity index (χ0) is 16.5. The molecule has 0 saturated heterocycles. The molecule has 0 unspecified atom stereocenters. The van der Waals surface area contributed by atoms with Crippen LogP contribution in [0.3, 0.4) is 0 Å². The van der Waals surface area contributed by atoms with Crippen LogP contribution in [0.5, 0.6) is 0 Å². The van der Waals surface area contributed by atoms with Crippen molar-refractivity contribution < 1.29 is 0 Å². The molecule has 0 saturated carbocycles. The van der Waals surface area contributed by atoms with Crippen molar-refractivity contribution in [2.75, 3.05) is 0 Å². The molecule has 0 amide bonds. The van der Waals surface area contributed by atoms with Crippen molar-refractivity contribution in [1.29, 1.82) is 0 Å². The Morgan fingerprint density at radius 2 is 1.50 bits per heavy atom. The van der Waals surface area contributed by atoms with Crippen LogP contribution in [0, 0.1) is 13.8 Å². The van der Waals surface area contributed by atoms with Gasteiger partial charge in [0, 0.05) is 16.1 Å². The van der Waals surface area contributed by atoms with E-state index in [0.717, 1.165) is 6.42 Å². The molecule has 4 rings (SSSR count). The third kappa shape index (κ3) is 2.89. The van der Waals surface area contributed by atoms with Crippen molar-refractivity contribution >= 4 is 11.8 Å². The molecule has 0 spiro atoms. The van der Waals surface area contributed by atoms with Gasteiger partial charge in [0.1, 0.15) is 0 Å². The molecule has 0 aromatic heterocycles. The van der Waals surface area contributed by atoms with E-state index in [2.05, 4.69) is 86.6 Å². The fraction of sp³-hybridized carbons (Fsp3) is 0.217. The van der Waals surface area contributed by atoms with Crippen LogP contribution < -0.4 is 0 Å². The number of rotatable bonds is 2. The monoisotopic (exact) mass is 330 g/mol. The summed E-state index contributed by atoms with van der Waals surface area (Å²) >= 11 is 2.04. The first-order valence-corrected chi connectivity index (χ1v) is 9.48. The lowest BCUT2D eigenvalue weighted by Crippen LogP contribution is -2.13. The fourth-order valence-corrected chi connectivity index (χ4v) is 5.09. The highest BCUT2D eigenvalue weighted by atomic mass is 32.2. The van der Waals surface area contributed by atoms with Gasteiger partial charge in [-0.25, -0.2) is 0 Å². The lowest BCUT2D eigenvalue weighted by atomic mass is 9.84. The van der Waals surface area contributed by atoms with E-state index in [1.165, 1.54) is 32.7 Å². The van der Waals surface area contributed by atoms with E-state index in [0.29, 0.717) is 11.2 Å². The lowest BCUT2D eigenvalue weighted by Gasteiger charge is -2.33. The molecule has 1 heteroatoms. The van der Waals surface area contributed by atoms with E-state index in [4.69, 9.17) is 0 Å². The minimum Gasteiger partial charge on any atom is -0.117 e. The zero-order valence-electron chi connectivity index (χ0n) is 14.2. The van der Waals surface area contributed by atoms with Crippen LogP contribution >= 0.6 is 11.8 Å². The molecule has 3 aromatic carbocycles. The van der Waals surface area contributed by atoms with Gasteiger partial charge in [-0.15, -0.1) is 11.8 Å². The molecule has 1 heterocycles. The minimum atomic E-state index is 0.479. The summed E-state index contributed by atoms with van der Waals surface area (Å²) in [6.07, 6.45) is 1.16. The summed E-state index contributed by atoms with van der Waals surface area (Å²) < 4.78 is 0. The van der Waals surface area contributed by atoms with Crippen LogP contribution in [0.4, 0.5) is 0 Å². The van der Waals surface area contributed by atoms with Crippen LogP contribution in [0.15, 0.2) is 77.7 Å². The van der Waals surface area contributed by atoms with Crippen molar-refractivity contribution in [2.24, 2.45) is 0 Å². The summed E-state index contributed by atoms with van der Waals surface area (Å²) in [5, 5.41) is 0.520. The summed E-state index contributed by atoms with van der Waals surface area (Å²) in [6.45, 7) is 4.40. The van der Waals surface area contributed by atoms with Crippen LogP contribution in [0.2, 0.25) is 0 Å². The molecule has 2 atom stereocenters. The van der Waals surface area contributed by atoms with Crippen LogP contribution in [-0.4, -0.2) is 0 Å². The van der Waals surface area contributed by atoms with Crippen molar-refractivity contribution in [3.8, 4) is 0 Å². The van der Waals surface area contributed by atoms with Crippen LogP contribution in [0.25, 0.3) is 0 Å². The standard InChI is InChI=1S/C23H22S/c1-16-11-13-18(14-12-16)21-15-22(19-8-4-3-5-9-19)24-23-17(2)7-6-10-20(21)23/h3-14,21-22H,15H2,1-2H3/t21-,22+/m0/s1. The number of hydrogen-bond acceptors (Lipinski definition) is 1. The molecule has 120 valence electrons. The first kappa shape index (κ1) is 15.5. The SMILES string of the molecule is Cc1ccc([C@@H]2C[C@H](c3ccccc3)Sc3c(C)cccc32)cc1. The number of fused-ring (bicyclic) bond motifs is 1. The van der Waals surface area contributed by atoms with Gasteiger partial charge in [-0.3, -0.25) is 0 Å². The Kier molecular flexibility index (Phi) is 4.20. The molecular weight excluding hydrogens is 308 g/mol. The number of thioether (sulfide) groups is 1. The smallest absolute Gasteiger partial charge is 0.0353 e. The molecule has 0 aliphatic carbocycles. The third-order valence-corrected chi connectivity index (χ3v) is 6.52. The van der Waals surface area contributed by atoms with Gasteiger partial charge >= 0.3 is 0 Å². The van der Waals surface area contributed by atoms with Gasteiger partial charge in [-0.1, -0.05) is 78.4 Å². The Labute approximate surface area is 148 Å². The lowest BCUT2D eigenvalue weighted by molar-refractivity contribution is 0.674. The summed E-state index contributed by atoms with van der Waals surface area (Å²) in [5.41, 5.74) is 7.10. The van der Waals surface area contributed by atoms with Crippen LogP contribution in [-0.2, 0) is 0 Å². The highest BCUT2D eigenvalue weighted by Crippen LogP contribution is 2.52. The molecule has 0 radical (unpaired) electrons. The van der Waals surface area contributed by atoms with Crippen LogP contribution in [0.1, 0.15) is 45.4 Å². The predicted molar refractivity (Wildman–Crippen MR) is 104 cm³/mol. The van der Waals surface area contributed by atoms with E-state index < -0.39 is 0 Å². The second kappa shape index (κ2) is 6.49. The maximum Gasteiger partial charge on any atom is 0.0353 e. The zero-order valence-corrected chi connectivity index (χ0v) is 15.0. The Balaban J connectivity index is 1.80. The van der Waals surface area contributed by atoms with E-state index in [1.807, 2.05) is 11.8 Å². The second-order valence-electron chi connectivity index (χ2n) is 6.71. The maximum absolute atomic E-state index is 2.32. The number of aryl methyl sites for hydroxylation is 2. The Morgan fingerprint density at radius 3 is 2.25 bits per heavy atom. The Hall–Kier alpha value is -1.99. The molecule has 1 aliphatic rings. The quantitative estimate of drug-likeness (QED) is 0.505. The molecule has 24 heavy (non-hydrogen) atoms. The van der Waals surface area contributed by atoms with Crippen molar-refractivity contribution in [1.82, 2.24) is 0 Å². The predicted octanol–water partition coefficient (Wildman–Crippen LogP) is 6.67. The van der Waals surface area contributed by atoms with Gasteiger partial charge in [0.2, 0.25) is 0 Å². The summed E-state index contributed by atoms with van der Waals surface area (Å²) in [6, 6.07) is 26.8. The van der Waals surface area contributed by atoms with E-state index >= 15 is 0 Å². The molecule has 1 aliphatic heterocycles. The normalized spacial score (nSPS) is 19.8. The second-order valence-corrected chi connectivity index (χ2v) is 7.92. The van der Waals surface area contributed by atoms with Crippen molar-refractivity contribution in [2.45, 2.75) is 36.3 Å². The van der Waals surface area contributed by atoms with E-state index in [-0.39, 0.29) is 0 Å². The molecule has 0 bridgehead atoms.